The Bertz CT molecular complexity index is 78.8. The minimum absolute atomic E-state index is 0.0451. The molecule has 0 amide bonds. The van der Waals surface area contributed by atoms with Gasteiger partial charge in [0.1, 0.15) is 0 Å². The van der Waals surface area contributed by atoms with Crippen LogP contribution in [-0.4, -0.2) is 29.4 Å². The van der Waals surface area contributed by atoms with Crippen molar-refractivity contribution < 1.29 is 9.59 Å². The predicted octanol–water partition coefficient (Wildman–Crippen LogP) is 0.328. The maximum absolute atomic E-state index is 12.3. The van der Waals surface area contributed by atoms with Crippen molar-refractivity contribution in [1.29, 1.82) is 0 Å². The zero-order chi connectivity index (χ0) is 5.98. The van der Waals surface area contributed by atoms with Crippen LogP contribution in [0.2, 0.25) is 0 Å². The first kappa shape index (κ1) is 5.98. The summed E-state index contributed by atoms with van der Waals surface area (Å²) in [4.78, 5) is 0. The zero-order valence-corrected chi connectivity index (χ0v) is 4.68. The van der Waals surface area contributed by atoms with Gasteiger partial charge in [-0.2, -0.15) is 0 Å². The van der Waals surface area contributed by atoms with Crippen molar-refractivity contribution in [2.24, 2.45) is 0 Å². The van der Waals surface area contributed by atoms with Crippen LogP contribution in [0.15, 0.2) is 0 Å². The summed E-state index contributed by atoms with van der Waals surface area (Å²) in [6.45, 7) is 0.446. The SMILES string of the molecule is OCC1CCCN1F. The first-order chi connectivity index (χ1) is 3.84. The molecule has 0 spiro atoms. The van der Waals surface area contributed by atoms with Crippen LogP contribution in [-0.2, 0) is 0 Å². The topological polar surface area (TPSA) is 23.5 Å². The Morgan fingerprint density at radius 2 is 2.50 bits per heavy atom. The van der Waals surface area contributed by atoms with Crippen LogP contribution in [0.1, 0.15) is 12.8 Å². The van der Waals surface area contributed by atoms with Crippen molar-refractivity contribution >= 4 is 0 Å². The van der Waals surface area contributed by atoms with Crippen molar-refractivity contribution in [2.75, 3.05) is 13.2 Å². The average Bonchev–Trinajstić information content (AvgIpc) is 2.14. The molecule has 0 aliphatic carbocycles. The highest BCUT2D eigenvalue weighted by atomic mass is 19.2. The summed E-state index contributed by atoms with van der Waals surface area (Å²) in [5, 5.41) is 9.16. The van der Waals surface area contributed by atoms with Gasteiger partial charge in [-0.15, -0.1) is 9.60 Å². The lowest BCUT2D eigenvalue weighted by atomic mass is 10.2. The van der Waals surface area contributed by atoms with Gasteiger partial charge in [0.15, 0.2) is 0 Å². The maximum Gasteiger partial charge on any atom is 0.0633 e. The minimum atomic E-state index is -0.213. The van der Waals surface area contributed by atoms with Gasteiger partial charge in [0.2, 0.25) is 0 Å². The number of nitrogens with zero attached hydrogens (tertiary/aromatic N) is 1. The Balaban J connectivity index is 2.30. The van der Waals surface area contributed by atoms with Crippen LogP contribution in [0.4, 0.5) is 4.48 Å². The first-order valence-electron chi connectivity index (χ1n) is 2.88. The largest absolute Gasteiger partial charge is 0.395 e. The van der Waals surface area contributed by atoms with Gasteiger partial charge in [0.25, 0.3) is 0 Å². The van der Waals surface area contributed by atoms with Crippen LogP contribution < -0.4 is 0 Å². The Morgan fingerprint density at radius 3 is 2.75 bits per heavy atom. The van der Waals surface area contributed by atoms with E-state index in [0.717, 1.165) is 12.8 Å². The van der Waals surface area contributed by atoms with Gasteiger partial charge >= 0.3 is 0 Å². The number of aliphatic hydroxyl groups is 1. The number of hydrogen-bond donors (Lipinski definition) is 1. The molecule has 0 bridgehead atoms. The lowest BCUT2D eigenvalue weighted by Crippen LogP contribution is -2.24. The highest BCUT2D eigenvalue weighted by Gasteiger charge is 2.22. The molecular weight excluding hydrogens is 109 g/mol. The molecule has 1 aliphatic heterocycles. The smallest absolute Gasteiger partial charge is 0.0633 e. The van der Waals surface area contributed by atoms with Gasteiger partial charge in [0.05, 0.1) is 12.6 Å². The Morgan fingerprint density at radius 1 is 1.75 bits per heavy atom. The lowest BCUT2D eigenvalue weighted by Gasteiger charge is -2.09. The number of halogens is 1. The van der Waals surface area contributed by atoms with Gasteiger partial charge in [0, 0.05) is 6.54 Å². The van der Waals surface area contributed by atoms with Gasteiger partial charge < -0.3 is 5.11 Å². The molecule has 3 heteroatoms. The third kappa shape index (κ3) is 0.980. The van der Waals surface area contributed by atoms with E-state index >= 15 is 0 Å². The highest BCUT2D eigenvalue weighted by molar-refractivity contribution is 4.71. The molecule has 1 heterocycles. The fourth-order valence-corrected chi connectivity index (χ4v) is 0.980. The van der Waals surface area contributed by atoms with E-state index in [2.05, 4.69) is 0 Å². The fourth-order valence-electron chi connectivity index (χ4n) is 0.980. The standard InChI is InChI=1S/C5H10FNO/c6-7-3-1-2-5(7)4-8/h5,8H,1-4H2. The second-order valence-electron chi connectivity index (χ2n) is 2.10. The summed E-state index contributed by atoms with van der Waals surface area (Å²) in [6.07, 6.45) is 1.68. The summed E-state index contributed by atoms with van der Waals surface area (Å²) >= 11 is 0. The molecule has 1 unspecified atom stereocenters. The van der Waals surface area contributed by atoms with Crippen molar-refractivity contribution in [1.82, 2.24) is 5.12 Å². The predicted molar refractivity (Wildman–Crippen MR) is 27.9 cm³/mol. The summed E-state index contributed by atoms with van der Waals surface area (Å²) in [5.74, 6) is 0. The quantitative estimate of drug-likeness (QED) is 0.503. The van der Waals surface area contributed by atoms with Crippen molar-refractivity contribution in [3.05, 3.63) is 0 Å². The monoisotopic (exact) mass is 119 g/mol. The Hall–Kier alpha value is -0.150. The molecule has 0 radical (unpaired) electrons. The number of hydrogen-bond acceptors (Lipinski definition) is 2. The Labute approximate surface area is 47.8 Å². The molecule has 1 N–H and O–H groups in total. The van der Waals surface area contributed by atoms with Crippen LogP contribution in [0.25, 0.3) is 0 Å². The lowest BCUT2D eigenvalue weighted by molar-refractivity contribution is -0.0107. The molecule has 1 fully saturated rings. The van der Waals surface area contributed by atoms with E-state index in [-0.39, 0.29) is 12.6 Å². The number of rotatable bonds is 1. The summed E-state index contributed by atoms with van der Waals surface area (Å²) in [5.41, 5.74) is 0. The molecule has 0 aromatic heterocycles. The average molecular weight is 119 g/mol. The normalized spacial score (nSPS) is 31.5. The highest BCUT2D eigenvalue weighted by Crippen LogP contribution is 2.15. The zero-order valence-electron chi connectivity index (χ0n) is 4.68. The summed E-state index contributed by atoms with van der Waals surface area (Å²) in [6, 6.07) is -0.213. The molecule has 0 saturated carbocycles. The molecule has 48 valence electrons. The summed E-state index contributed by atoms with van der Waals surface area (Å²) < 4.78 is 12.3. The van der Waals surface area contributed by atoms with Crippen LogP contribution in [0.3, 0.4) is 0 Å². The molecular formula is C5H10FNO. The van der Waals surface area contributed by atoms with E-state index in [1.54, 1.807) is 0 Å². The second kappa shape index (κ2) is 2.42. The minimum Gasteiger partial charge on any atom is -0.395 e. The van der Waals surface area contributed by atoms with E-state index in [9.17, 15) is 4.48 Å². The molecule has 0 aromatic carbocycles. The number of aliphatic hydroxyl groups excluding tert-OH is 1. The molecule has 1 aliphatic rings. The van der Waals surface area contributed by atoms with Crippen LogP contribution in [0, 0.1) is 0 Å². The van der Waals surface area contributed by atoms with E-state index < -0.39 is 0 Å². The first-order valence-corrected chi connectivity index (χ1v) is 2.88. The van der Waals surface area contributed by atoms with Crippen LogP contribution in [0.5, 0.6) is 0 Å². The third-order valence-electron chi connectivity index (χ3n) is 1.52. The van der Waals surface area contributed by atoms with E-state index in [1.165, 1.54) is 0 Å². The molecule has 0 aromatic rings. The van der Waals surface area contributed by atoms with Crippen molar-refractivity contribution in [2.45, 2.75) is 18.9 Å². The van der Waals surface area contributed by atoms with Gasteiger partial charge in [-0.05, 0) is 12.8 Å². The molecule has 2 nitrogen and oxygen atoms in total. The maximum atomic E-state index is 12.3. The van der Waals surface area contributed by atoms with Gasteiger partial charge in [-0.1, -0.05) is 0 Å². The Kier molecular flexibility index (Phi) is 1.81. The summed E-state index contributed by atoms with van der Waals surface area (Å²) in [7, 11) is 0. The van der Waals surface area contributed by atoms with Gasteiger partial charge in [-0.25, -0.2) is 0 Å². The molecule has 1 saturated heterocycles. The fraction of sp³-hybridized carbons (Fsp3) is 1.00. The second-order valence-corrected chi connectivity index (χ2v) is 2.10. The third-order valence-corrected chi connectivity index (χ3v) is 1.52. The van der Waals surface area contributed by atoms with Crippen molar-refractivity contribution in [3.8, 4) is 0 Å². The molecule has 1 rings (SSSR count). The van der Waals surface area contributed by atoms with E-state index in [4.69, 9.17) is 5.11 Å². The van der Waals surface area contributed by atoms with E-state index in [1.807, 2.05) is 0 Å². The van der Waals surface area contributed by atoms with Gasteiger partial charge in [-0.3, -0.25) is 0 Å². The van der Waals surface area contributed by atoms with E-state index in [0.29, 0.717) is 11.7 Å². The van der Waals surface area contributed by atoms with Crippen molar-refractivity contribution in [3.63, 3.8) is 0 Å². The molecule has 8 heavy (non-hydrogen) atoms. The van der Waals surface area contributed by atoms with Crippen LogP contribution >= 0.6 is 0 Å². The molecule has 1 atom stereocenters.